The lowest BCUT2D eigenvalue weighted by molar-refractivity contribution is -0.136. The maximum absolute atomic E-state index is 11.5. The molecular weight excluding hydrogens is 266 g/mol. The second-order valence-corrected chi connectivity index (χ2v) is 4.84. The SMILES string of the molecule is CCCn1c(SCC=C(CC)C(=O)OC)n[nH]c1=O. The predicted octanol–water partition coefficient (Wildman–Crippen LogP) is 1.58. The van der Waals surface area contributed by atoms with Gasteiger partial charge >= 0.3 is 11.7 Å². The van der Waals surface area contributed by atoms with Crippen molar-refractivity contribution in [1.82, 2.24) is 14.8 Å². The molecule has 6 nitrogen and oxygen atoms in total. The number of esters is 1. The Morgan fingerprint density at radius 3 is 2.84 bits per heavy atom. The third-order valence-corrected chi connectivity index (χ3v) is 3.44. The standard InChI is InChI=1S/C12H19N3O3S/c1-4-7-15-11(17)13-14-12(15)19-8-6-9(5-2)10(16)18-3/h6H,4-5,7-8H2,1-3H3,(H,13,17). The van der Waals surface area contributed by atoms with Gasteiger partial charge in [-0.25, -0.2) is 14.7 Å². The Morgan fingerprint density at radius 2 is 2.26 bits per heavy atom. The van der Waals surface area contributed by atoms with Gasteiger partial charge in [0.25, 0.3) is 0 Å². The molecule has 19 heavy (non-hydrogen) atoms. The Kier molecular flexibility index (Phi) is 6.41. The van der Waals surface area contributed by atoms with Gasteiger partial charge in [0.15, 0.2) is 5.16 Å². The lowest BCUT2D eigenvalue weighted by Gasteiger charge is -2.03. The first-order valence-corrected chi connectivity index (χ1v) is 7.17. The molecule has 0 fully saturated rings. The lowest BCUT2D eigenvalue weighted by Crippen LogP contribution is -2.17. The molecule has 0 saturated carbocycles. The summed E-state index contributed by atoms with van der Waals surface area (Å²) in [5.41, 5.74) is 0.437. The van der Waals surface area contributed by atoms with Crippen LogP contribution in [0.2, 0.25) is 0 Å². The van der Waals surface area contributed by atoms with Crippen LogP contribution in [0.5, 0.6) is 0 Å². The summed E-state index contributed by atoms with van der Waals surface area (Å²) in [6.07, 6.45) is 3.30. The van der Waals surface area contributed by atoms with E-state index < -0.39 is 0 Å². The number of nitrogens with one attached hydrogen (secondary N) is 1. The summed E-state index contributed by atoms with van der Waals surface area (Å²) in [4.78, 5) is 22.9. The molecule has 0 aliphatic heterocycles. The highest BCUT2D eigenvalue weighted by Gasteiger charge is 2.09. The van der Waals surface area contributed by atoms with E-state index in [1.807, 2.05) is 19.9 Å². The van der Waals surface area contributed by atoms with Crippen LogP contribution in [0.1, 0.15) is 26.7 Å². The highest BCUT2D eigenvalue weighted by atomic mass is 32.2. The molecule has 1 rings (SSSR count). The zero-order valence-electron chi connectivity index (χ0n) is 11.4. The number of aromatic nitrogens is 3. The molecule has 0 radical (unpaired) electrons. The number of methoxy groups -OCH3 is 1. The molecule has 0 spiro atoms. The molecule has 1 heterocycles. The van der Waals surface area contributed by atoms with Crippen LogP contribution in [0.3, 0.4) is 0 Å². The van der Waals surface area contributed by atoms with Crippen LogP contribution in [-0.2, 0) is 16.1 Å². The third-order valence-electron chi connectivity index (χ3n) is 2.54. The summed E-state index contributed by atoms with van der Waals surface area (Å²) >= 11 is 1.42. The molecule has 0 aromatic carbocycles. The monoisotopic (exact) mass is 285 g/mol. The normalized spacial score (nSPS) is 11.6. The average Bonchev–Trinajstić information content (AvgIpc) is 2.76. The van der Waals surface area contributed by atoms with Crippen LogP contribution >= 0.6 is 11.8 Å². The van der Waals surface area contributed by atoms with Gasteiger partial charge in [0.05, 0.1) is 7.11 Å². The maximum atomic E-state index is 11.5. The summed E-state index contributed by atoms with van der Waals surface area (Å²) < 4.78 is 6.28. The van der Waals surface area contributed by atoms with E-state index in [-0.39, 0.29) is 11.7 Å². The minimum absolute atomic E-state index is 0.197. The van der Waals surface area contributed by atoms with Crippen molar-refractivity contribution in [1.29, 1.82) is 0 Å². The smallest absolute Gasteiger partial charge is 0.343 e. The van der Waals surface area contributed by atoms with Crippen LogP contribution in [-0.4, -0.2) is 33.6 Å². The lowest BCUT2D eigenvalue weighted by atomic mass is 10.2. The fraction of sp³-hybridized carbons (Fsp3) is 0.583. The number of thioether (sulfide) groups is 1. The number of hydrogen-bond acceptors (Lipinski definition) is 5. The van der Waals surface area contributed by atoms with Crippen molar-refractivity contribution in [3.63, 3.8) is 0 Å². The van der Waals surface area contributed by atoms with E-state index >= 15 is 0 Å². The first kappa shape index (κ1) is 15.6. The van der Waals surface area contributed by atoms with Crippen LogP contribution < -0.4 is 5.69 Å². The van der Waals surface area contributed by atoms with Crippen molar-refractivity contribution in [2.45, 2.75) is 38.4 Å². The summed E-state index contributed by atoms with van der Waals surface area (Å²) in [7, 11) is 1.37. The molecule has 0 atom stereocenters. The second-order valence-electron chi connectivity index (χ2n) is 3.85. The number of aromatic amines is 1. The van der Waals surface area contributed by atoms with E-state index in [1.54, 1.807) is 4.57 Å². The van der Waals surface area contributed by atoms with E-state index in [9.17, 15) is 9.59 Å². The van der Waals surface area contributed by atoms with Gasteiger partial charge in [-0.1, -0.05) is 31.7 Å². The van der Waals surface area contributed by atoms with Crippen LogP contribution in [0, 0.1) is 0 Å². The number of ether oxygens (including phenoxy) is 1. The molecular formula is C12H19N3O3S. The fourth-order valence-corrected chi connectivity index (χ4v) is 2.43. The van der Waals surface area contributed by atoms with Gasteiger partial charge in [-0.05, 0) is 12.8 Å². The summed E-state index contributed by atoms with van der Waals surface area (Å²) in [5.74, 6) is 0.266. The van der Waals surface area contributed by atoms with Gasteiger partial charge in [-0.2, -0.15) is 0 Å². The number of nitrogens with zero attached hydrogens (tertiary/aromatic N) is 2. The van der Waals surface area contributed by atoms with Crippen LogP contribution in [0.4, 0.5) is 0 Å². The van der Waals surface area contributed by atoms with Crippen LogP contribution in [0.15, 0.2) is 21.6 Å². The van der Waals surface area contributed by atoms with Gasteiger partial charge in [0.2, 0.25) is 0 Å². The number of rotatable bonds is 7. The summed E-state index contributed by atoms with van der Waals surface area (Å²) in [6.45, 7) is 4.54. The number of carbonyl (C=O) groups excluding carboxylic acids is 1. The molecule has 0 amide bonds. The number of carbonyl (C=O) groups is 1. The topological polar surface area (TPSA) is 77.0 Å². The van der Waals surface area contributed by atoms with Crippen molar-refractivity contribution >= 4 is 17.7 Å². The molecule has 1 aromatic heterocycles. The van der Waals surface area contributed by atoms with Gasteiger partial charge in [-0.15, -0.1) is 5.10 Å². The van der Waals surface area contributed by atoms with Crippen LogP contribution in [0.25, 0.3) is 0 Å². The zero-order valence-corrected chi connectivity index (χ0v) is 12.2. The van der Waals surface area contributed by atoms with E-state index in [0.29, 0.717) is 29.4 Å². The summed E-state index contributed by atoms with van der Waals surface area (Å²) in [5, 5.41) is 7.04. The molecule has 106 valence electrons. The largest absolute Gasteiger partial charge is 0.466 e. The minimum Gasteiger partial charge on any atom is -0.466 e. The average molecular weight is 285 g/mol. The highest BCUT2D eigenvalue weighted by molar-refractivity contribution is 7.99. The quantitative estimate of drug-likeness (QED) is 0.467. The van der Waals surface area contributed by atoms with Crippen molar-refractivity contribution in [3.05, 3.63) is 22.1 Å². The predicted molar refractivity (Wildman–Crippen MR) is 74.3 cm³/mol. The van der Waals surface area contributed by atoms with Crippen molar-refractivity contribution < 1.29 is 9.53 Å². The van der Waals surface area contributed by atoms with Gasteiger partial charge in [-0.3, -0.25) is 4.57 Å². The van der Waals surface area contributed by atoms with Gasteiger partial charge in [0.1, 0.15) is 0 Å². The molecule has 0 aliphatic rings. The van der Waals surface area contributed by atoms with E-state index in [2.05, 4.69) is 14.9 Å². The second kappa shape index (κ2) is 7.83. The molecule has 1 N–H and O–H groups in total. The van der Waals surface area contributed by atoms with E-state index in [4.69, 9.17) is 0 Å². The number of hydrogen-bond donors (Lipinski definition) is 1. The molecule has 0 unspecified atom stereocenters. The zero-order chi connectivity index (χ0) is 14.3. The Labute approximate surface area is 116 Å². The molecule has 0 aliphatic carbocycles. The third kappa shape index (κ3) is 4.27. The molecule has 7 heteroatoms. The Hall–Kier alpha value is -1.50. The first-order valence-electron chi connectivity index (χ1n) is 6.19. The highest BCUT2D eigenvalue weighted by Crippen LogP contribution is 2.15. The molecule has 1 aromatic rings. The number of H-pyrrole nitrogens is 1. The Balaban J connectivity index is 2.69. The molecule has 0 bridgehead atoms. The fourth-order valence-electron chi connectivity index (χ4n) is 1.55. The van der Waals surface area contributed by atoms with Crippen molar-refractivity contribution in [2.24, 2.45) is 0 Å². The minimum atomic E-state index is -0.309. The first-order chi connectivity index (χ1) is 9.13. The van der Waals surface area contributed by atoms with Gasteiger partial charge < -0.3 is 4.74 Å². The van der Waals surface area contributed by atoms with Crippen molar-refractivity contribution in [3.8, 4) is 0 Å². The Morgan fingerprint density at radius 1 is 1.53 bits per heavy atom. The van der Waals surface area contributed by atoms with Crippen molar-refractivity contribution in [2.75, 3.05) is 12.9 Å². The van der Waals surface area contributed by atoms with Gasteiger partial charge in [0, 0.05) is 17.9 Å². The maximum Gasteiger partial charge on any atom is 0.343 e. The summed E-state index contributed by atoms with van der Waals surface area (Å²) in [6, 6.07) is 0. The van der Waals surface area contributed by atoms with E-state index in [0.717, 1.165) is 6.42 Å². The molecule has 0 saturated heterocycles. The van der Waals surface area contributed by atoms with E-state index in [1.165, 1.54) is 18.9 Å². The Bertz CT molecular complexity index is 505.